The van der Waals surface area contributed by atoms with E-state index < -0.39 is 0 Å². The van der Waals surface area contributed by atoms with E-state index in [9.17, 15) is 4.79 Å². The Kier molecular flexibility index (Phi) is 7.07. The summed E-state index contributed by atoms with van der Waals surface area (Å²) in [6.07, 6.45) is 3.29. The number of carbonyl (C=O) groups is 1. The van der Waals surface area contributed by atoms with Gasteiger partial charge < -0.3 is 15.0 Å². The number of nitrogens with one attached hydrogen (secondary N) is 1. The number of hydrogen-bond donors (Lipinski definition) is 1. The van der Waals surface area contributed by atoms with Gasteiger partial charge in [0.05, 0.1) is 11.6 Å². The van der Waals surface area contributed by atoms with Crippen LogP contribution in [0.3, 0.4) is 0 Å². The third-order valence-electron chi connectivity index (χ3n) is 3.87. The molecular weight excluding hydrogens is 380 g/mol. The molecule has 2 aromatic carbocycles. The molecule has 0 bridgehead atoms. The number of benzene rings is 2. The lowest BCUT2D eigenvalue weighted by Gasteiger charge is -2.21. The third kappa shape index (κ3) is 5.36. The minimum Gasteiger partial charge on any atom is -0.496 e. The molecule has 0 radical (unpaired) electrons. The molecule has 0 atom stereocenters. The lowest BCUT2D eigenvalue weighted by molar-refractivity contribution is -0.111. The maximum atomic E-state index is 12.1. The highest BCUT2D eigenvalue weighted by molar-refractivity contribution is 9.10. The molecule has 5 heteroatoms. The van der Waals surface area contributed by atoms with E-state index in [0.29, 0.717) is 0 Å². The number of amides is 1. The number of rotatable bonds is 7. The van der Waals surface area contributed by atoms with Gasteiger partial charge in [0.2, 0.25) is 5.91 Å². The van der Waals surface area contributed by atoms with Crippen molar-refractivity contribution in [1.29, 1.82) is 0 Å². The van der Waals surface area contributed by atoms with Gasteiger partial charge in [-0.25, -0.2) is 0 Å². The molecule has 0 saturated heterocycles. The molecule has 0 aliphatic heterocycles. The fraction of sp³-hybridized carbons (Fsp3) is 0.250. The first-order valence-corrected chi connectivity index (χ1v) is 9.04. The molecule has 25 heavy (non-hydrogen) atoms. The van der Waals surface area contributed by atoms with Gasteiger partial charge in [-0.2, -0.15) is 0 Å². The number of nitrogens with zero attached hydrogens (tertiary/aromatic N) is 1. The highest BCUT2D eigenvalue weighted by Gasteiger charge is 2.03. The topological polar surface area (TPSA) is 41.6 Å². The smallest absolute Gasteiger partial charge is 0.248 e. The Morgan fingerprint density at radius 3 is 2.40 bits per heavy atom. The molecule has 0 aliphatic carbocycles. The van der Waals surface area contributed by atoms with Crippen molar-refractivity contribution in [2.75, 3.05) is 30.4 Å². The van der Waals surface area contributed by atoms with Gasteiger partial charge in [-0.15, -0.1) is 0 Å². The highest BCUT2D eigenvalue weighted by atomic mass is 79.9. The second-order valence-electron chi connectivity index (χ2n) is 5.44. The average Bonchev–Trinajstić information content (AvgIpc) is 2.62. The van der Waals surface area contributed by atoms with Crippen LogP contribution in [0.1, 0.15) is 19.4 Å². The molecule has 0 spiro atoms. The van der Waals surface area contributed by atoms with Gasteiger partial charge >= 0.3 is 0 Å². The maximum absolute atomic E-state index is 12.1. The molecular formula is C20H23BrN2O2. The first-order valence-electron chi connectivity index (χ1n) is 8.25. The van der Waals surface area contributed by atoms with E-state index in [1.807, 2.05) is 42.5 Å². The summed E-state index contributed by atoms with van der Waals surface area (Å²) in [4.78, 5) is 14.3. The van der Waals surface area contributed by atoms with Crippen molar-refractivity contribution in [3.05, 3.63) is 58.6 Å². The van der Waals surface area contributed by atoms with Crippen molar-refractivity contribution in [1.82, 2.24) is 0 Å². The predicted octanol–water partition coefficient (Wildman–Crippen LogP) is 4.96. The Morgan fingerprint density at radius 2 is 1.84 bits per heavy atom. The van der Waals surface area contributed by atoms with Crippen molar-refractivity contribution in [3.63, 3.8) is 0 Å². The fourth-order valence-electron chi connectivity index (χ4n) is 2.49. The van der Waals surface area contributed by atoms with Gasteiger partial charge in [-0.1, -0.05) is 6.07 Å². The van der Waals surface area contributed by atoms with Gasteiger partial charge in [0, 0.05) is 30.5 Å². The Hall–Kier alpha value is -2.27. The molecule has 2 rings (SSSR count). The summed E-state index contributed by atoms with van der Waals surface area (Å²) in [6, 6.07) is 13.5. The lowest BCUT2D eigenvalue weighted by Crippen LogP contribution is -2.21. The largest absolute Gasteiger partial charge is 0.496 e. The van der Waals surface area contributed by atoms with E-state index in [4.69, 9.17) is 4.74 Å². The molecule has 0 heterocycles. The van der Waals surface area contributed by atoms with Crippen LogP contribution in [0.4, 0.5) is 11.4 Å². The summed E-state index contributed by atoms with van der Waals surface area (Å²) >= 11 is 3.43. The molecule has 0 aliphatic rings. The van der Waals surface area contributed by atoms with Crippen molar-refractivity contribution in [2.45, 2.75) is 13.8 Å². The monoisotopic (exact) mass is 402 g/mol. The van der Waals surface area contributed by atoms with Crippen LogP contribution in [0.2, 0.25) is 0 Å². The summed E-state index contributed by atoms with van der Waals surface area (Å²) < 4.78 is 6.04. The van der Waals surface area contributed by atoms with E-state index in [-0.39, 0.29) is 5.91 Å². The number of carbonyl (C=O) groups excluding carboxylic acids is 1. The average molecular weight is 403 g/mol. The maximum Gasteiger partial charge on any atom is 0.248 e. The van der Waals surface area contributed by atoms with Crippen LogP contribution in [0.5, 0.6) is 5.75 Å². The van der Waals surface area contributed by atoms with E-state index >= 15 is 0 Å². The minimum atomic E-state index is -0.164. The van der Waals surface area contributed by atoms with Crippen LogP contribution in [0, 0.1) is 0 Å². The van der Waals surface area contributed by atoms with Crippen molar-refractivity contribution in [3.8, 4) is 5.75 Å². The Morgan fingerprint density at radius 1 is 1.16 bits per heavy atom. The van der Waals surface area contributed by atoms with Crippen molar-refractivity contribution < 1.29 is 9.53 Å². The molecule has 0 unspecified atom stereocenters. The number of hydrogen-bond acceptors (Lipinski definition) is 3. The van der Waals surface area contributed by atoms with E-state index in [2.05, 4.69) is 40.0 Å². The summed E-state index contributed by atoms with van der Waals surface area (Å²) in [7, 11) is 1.62. The quantitative estimate of drug-likeness (QED) is 0.665. The van der Waals surface area contributed by atoms with Crippen molar-refractivity contribution >= 4 is 39.3 Å². The van der Waals surface area contributed by atoms with Gasteiger partial charge in [0.1, 0.15) is 5.75 Å². The number of halogens is 1. The molecule has 1 amide bonds. The number of ether oxygens (including phenoxy) is 1. The van der Waals surface area contributed by atoms with Gasteiger partial charge in [-0.05, 0) is 77.8 Å². The van der Waals surface area contributed by atoms with Gasteiger partial charge in [0.15, 0.2) is 0 Å². The SMILES string of the molecule is CCN(CC)c1ccc(NC(=O)C=Cc2ccc(OC)c(Br)c2)cc1. The normalized spacial score (nSPS) is 10.7. The molecule has 2 aromatic rings. The Labute approximate surface area is 157 Å². The zero-order valence-corrected chi connectivity index (χ0v) is 16.3. The van der Waals surface area contributed by atoms with Crippen LogP contribution < -0.4 is 15.0 Å². The summed E-state index contributed by atoms with van der Waals surface area (Å²) in [5.41, 5.74) is 2.85. The first kappa shape index (κ1) is 19.1. The molecule has 0 fully saturated rings. The second-order valence-corrected chi connectivity index (χ2v) is 6.29. The Bertz CT molecular complexity index is 738. The summed E-state index contributed by atoms with van der Waals surface area (Å²) in [5, 5.41) is 2.87. The van der Waals surface area contributed by atoms with Crippen LogP contribution in [-0.4, -0.2) is 26.1 Å². The molecule has 4 nitrogen and oxygen atoms in total. The van der Waals surface area contributed by atoms with E-state index in [1.54, 1.807) is 13.2 Å². The second kappa shape index (κ2) is 9.28. The standard InChI is InChI=1S/C20H23BrN2O2/c1-4-23(5-2)17-10-8-16(9-11-17)22-20(24)13-7-15-6-12-19(25-3)18(21)14-15/h6-14H,4-5H2,1-3H3,(H,22,24). The predicted molar refractivity (Wildman–Crippen MR) is 108 cm³/mol. The van der Waals surface area contributed by atoms with Crippen molar-refractivity contribution in [2.24, 2.45) is 0 Å². The molecule has 0 saturated carbocycles. The number of anilines is 2. The van der Waals surface area contributed by atoms with Crippen LogP contribution >= 0.6 is 15.9 Å². The van der Waals surface area contributed by atoms with E-state index in [1.165, 1.54) is 6.08 Å². The summed E-state index contributed by atoms with van der Waals surface area (Å²) in [6.45, 7) is 6.17. The zero-order chi connectivity index (χ0) is 18.2. The Balaban J connectivity index is 1.99. The van der Waals surface area contributed by atoms with Crippen LogP contribution in [-0.2, 0) is 4.79 Å². The summed E-state index contributed by atoms with van der Waals surface area (Å²) in [5.74, 6) is 0.595. The lowest BCUT2D eigenvalue weighted by atomic mass is 10.2. The molecule has 1 N–H and O–H groups in total. The van der Waals surface area contributed by atoms with Crippen LogP contribution in [0.25, 0.3) is 6.08 Å². The third-order valence-corrected chi connectivity index (χ3v) is 4.49. The highest BCUT2D eigenvalue weighted by Crippen LogP contribution is 2.26. The van der Waals surface area contributed by atoms with Crippen LogP contribution in [0.15, 0.2) is 53.0 Å². The first-order chi connectivity index (χ1) is 12.1. The number of methoxy groups -OCH3 is 1. The zero-order valence-electron chi connectivity index (χ0n) is 14.8. The van der Waals surface area contributed by atoms with Gasteiger partial charge in [-0.3, -0.25) is 4.79 Å². The molecule has 132 valence electrons. The van der Waals surface area contributed by atoms with E-state index in [0.717, 1.165) is 40.2 Å². The molecule has 0 aromatic heterocycles. The fourth-order valence-corrected chi connectivity index (χ4v) is 3.04. The minimum absolute atomic E-state index is 0.164. The van der Waals surface area contributed by atoms with Gasteiger partial charge in [0.25, 0.3) is 0 Å².